The van der Waals surface area contributed by atoms with Gasteiger partial charge in [0.2, 0.25) is 0 Å². The van der Waals surface area contributed by atoms with Crippen LogP contribution < -0.4 is 9.64 Å². The molecule has 1 aromatic heterocycles. The predicted octanol–water partition coefficient (Wildman–Crippen LogP) is 3.78. The van der Waals surface area contributed by atoms with Gasteiger partial charge in [0.15, 0.2) is 11.4 Å². The molecular formula is C27H33FN4O3. The van der Waals surface area contributed by atoms with E-state index in [1.165, 1.54) is 17.7 Å². The number of morpholine rings is 1. The first-order valence-corrected chi connectivity index (χ1v) is 12.8. The molecule has 186 valence electrons. The molecule has 3 aromatic rings. The van der Waals surface area contributed by atoms with Gasteiger partial charge in [-0.1, -0.05) is 17.3 Å². The lowest BCUT2D eigenvalue weighted by molar-refractivity contribution is 0.0341. The number of hydrogen-bond acceptors (Lipinski definition) is 7. The molecule has 7 nitrogen and oxygen atoms in total. The normalized spacial score (nSPS) is 24.0. The summed E-state index contributed by atoms with van der Waals surface area (Å²) in [5, 5.41) is 5.02. The SMILES string of the molecule is Fc1ccc2onc(N3CCN4C[C@@H](COc5cccc(CN6CCOCC6)c5)CC[C@H]4C3)c2c1. The fourth-order valence-electron chi connectivity index (χ4n) is 5.68. The number of piperazine rings is 1. The van der Waals surface area contributed by atoms with Gasteiger partial charge in [0, 0.05) is 57.8 Å². The highest BCUT2D eigenvalue weighted by Crippen LogP contribution is 2.32. The fraction of sp³-hybridized carbons (Fsp3) is 0.519. The Kier molecular flexibility index (Phi) is 6.59. The molecule has 0 radical (unpaired) electrons. The third-order valence-corrected chi connectivity index (χ3v) is 7.61. The molecule has 2 aromatic carbocycles. The summed E-state index contributed by atoms with van der Waals surface area (Å²) in [5.41, 5.74) is 1.93. The van der Waals surface area contributed by atoms with Gasteiger partial charge in [-0.3, -0.25) is 9.80 Å². The minimum absolute atomic E-state index is 0.257. The number of aromatic nitrogens is 1. The number of fused-ring (bicyclic) bond motifs is 2. The fourth-order valence-corrected chi connectivity index (χ4v) is 5.68. The van der Waals surface area contributed by atoms with Crippen molar-refractivity contribution in [2.45, 2.75) is 25.4 Å². The highest BCUT2D eigenvalue weighted by Gasteiger charge is 2.34. The van der Waals surface area contributed by atoms with Gasteiger partial charge in [0.1, 0.15) is 11.6 Å². The third kappa shape index (κ3) is 5.15. The summed E-state index contributed by atoms with van der Waals surface area (Å²) >= 11 is 0. The van der Waals surface area contributed by atoms with E-state index in [0.29, 0.717) is 17.5 Å². The molecule has 8 heteroatoms. The summed E-state index contributed by atoms with van der Waals surface area (Å²) < 4.78 is 30.9. The van der Waals surface area contributed by atoms with Crippen LogP contribution in [-0.2, 0) is 11.3 Å². The van der Waals surface area contributed by atoms with Crippen LogP contribution >= 0.6 is 0 Å². The van der Waals surface area contributed by atoms with Gasteiger partial charge in [-0.15, -0.1) is 0 Å². The topological polar surface area (TPSA) is 54.2 Å². The number of rotatable bonds is 6. The standard InChI is InChI=1S/C27H33FN4O3/c28-22-5-7-26-25(15-22)27(29-35-26)32-9-8-31-17-21(4-6-23(31)18-32)19-34-24-3-1-2-20(14-24)16-30-10-12-33-13-11-30/h1-3,5,7,14-15,21,23H,4,6,8-13,16-19H2/t21-,23-/m0/s1. The predicted molar refractivity (Wildman–Crippen MR) is 132 cm³/mol. The van der Waals surface area contributed by atoms with Crippen LogP contribution in [0.25, 0.3) is 11.0 Å². The minimum Gasteiger partial charge on any atom is -0.493 e. The molecule has 6 rings (SSSR count). The molecular weight excluding hydrogens is 447 g/mol. The van der Waals surface area contributed by atoms with E-state index in [1.54, 1.807) is 6.07 Å². The van der Waals surface area contributed by atoms with Crippen LogP contribution in [0.4, 0.5) is 10.2 Å². The van der Waals surface area contributed by atoms with E-state index in [1.807, 2.05) is 0 Å². The van der Waals surface area contributed by atoms with Crippen molar-refractivity contribution in [1.29, 1.82) is 0 Å². The number of anilines is 1. The molecule has 0 bridgehead atoms. The second-order valence-electron chi connectivity index (χ2n) is 10.0. The van der Waals surface area contributed by atoms with Gasteiger partial charge in [-0.2, -0.15) is 0 Å². The van der Waals surface area contributed by atoms with E-state index >= 15 is 0 Å². The molecule has 0 unspecified atom stereocenters. The Morgan fingerprint density at radius 1 is 1.00 bits per heavy atom. The van der Waals surface area contributed by atoms with Crippen molar-refractivity contribution in [3.05, 3.63) is 53.8 Å². The van der Waals surface area contributed by atoms with Crippen molar-refractivity contribution in [2.24, 2.45) is 5.92 Å². The van der Waals surface area contributed by atoms with Crippen molar-refractivity contribution >= 4 is 16.8 Å². The lowest BCUT2D eigenvalue weighted by atomic mass is 9.91. The van der Waals surface area contributed by atoms with Gasteiger partial charge < -0.3 is 18.9 Å². The van der Waals surface area contributed by atoms with Crippen LogP contribution in [0, 0.1) is 11.7 Å². The number of halogens is 1. The van der Waals surface area contributed by atoms with Crippen LogP contribution in [0.2, 0.25) is 0 Å². The Morgan fingerprint density at radius 3 is 2.83 bits per heavy atom. The largest absolute Gasteiger partial charge is 0.493 e. The van der Waals surface area contributed by atoms with Gasteiger partial charge in [-0.05, 0) is 48.7 Å². The van der Waals surface area contributed by atoms with Crippen LogP contribution in [0.15, 0.2) is 47.0 Å². The minimum atomic E-state index is -0.257. The van der Waals surface area contributed by atoms with E-state index in [4.69, 9.17) is 14.0 Å². The lowest BCUT2D eigenvalue weighted by Gasteiger charge is -2.46. The maximum Gasteiger partial charge on any atom is 0.180 e. The van der Waals surface area contributed by atoms with E-state index in [9.17, 15) is 4.39 Å². The van der Waals surface area contributed by atoms with Crippen molar-refractivity contribution in [2.75, 3.05) is 64.0 Å². The molecule has 3 saturated heterocycles. The summed E-state index contributed by atoms with van der Waals surface area (Å²) in [6.45, 7) is 9.12. The number of hydrogen-bond donors (Lipinski definition) is 0. The number of benzene rings is 2. The summed E-state index contributed by atoms with van der Waals surface area (Å²) in [6, 6.07) is 13.6. The molecule has 0 spiro atoms. The number of nitrogens with zero attached hydrogens (tertiary/aromatic N) is 4. The first-order chi connectivity index (χ1) is 17.2. The summed E-state index contributed by atoms with van der Waals surface area (Å²) in [4.78, 5) is 7.27. The molecule has 4 heterocycles. The van der Waals surface area contributed by atoms with Crippen LogP contribution in [0.5, 0.6) is 5.75 Å². The highest BCUT2D eigenvalue weighted by atomic mass is 19.1. The summed E-state index contributed by atoms with van der Waals surface area (Å²) in [7, 11) is 0. The average molecular weight is 481 g/mol. The Morgan fingerprint density at radius 2 is 1.91 bits per heavy atom. The Labute approximate surface area is 205 Å². The molecule has 3 aliphatic heterocycles. The van der Waals surface area contributed by atoms with Crippen LogP contribution in [-0.4, -0.2) is 80.1 Å². The quantitative estimate of drug-likeness (QED) is 0.532. The summed E-state index contributed by atoms with van der Waals surface area (Å²) in [5.74, 6) is 2.00. The maximum atomic E-state index is 13.8. The van der Waals surface area contributed by atoms with Crippen LogP contribution in [0.1, 0.15) is 18.4 Å². The van der Waals surface area contributed by atoms with Crippen molar-refractivity contribution in [1.82, 2.24) is 15.0 Å². The molecule has 2 atom stereocenters. The Hall–Kier alpha value is -2.68. The third-order valence-electron chi connectivity index (χ3n) is 7.61. The second kappa shape index (κ2) is 10.1. The highest BCUT2D eigenvalue weighted by molar-refractivity contribution is 5.88. The van der Waals surface area contributed by atoms with Crippen LogP contribution in [0.3, 0.4) is 0 Å². The van der Waals surface area contributed by atoms with Gasteiger partial charge in [-0.25, -0.2) is 4.39 Å². The molecule has 0 amide bonds. The average Bonchev–Trinajstić information content (AvgIpc) is 3.31. The van der Waals surface area contributed by atoms with E-state index in [-0.39, 0.29) is 5.82 Å². The Bertz CT molecular complexity index is 1150. The van der Waals surface area contributed by atoms with Crippen molar-refractivity contribution in [3.63, 3.8) is 0 Å². The first kappa shape index (κ1) is 22.8. The van der Waals surface area contributed by atoms with E-state index < -0.39 is 0 Å². The number of ether oxygens (including phenoxy) is 2. The lowest BCUT2D eigenvalue weighted by Crippen LogP contribution is -2.57. The smallest absolute Gasteiger partial charge is 0.180 e. The zero-order chi connectivity index (χ0) is 23.6. The van der Waals surface area contributed by atoms with Crippen molar-refractivity contribution in [3.8, 4) is 5.75 Å². The molecule has 0 aliphatic carbocycles. The molecule has 35 heavy (non-hydrogen) atoms. The Balaban J connectivity index is 1.02. The zero-order valence-electron chi connectivity index (χ0n) is 20.1. The second-order valence-corrected chi connectivity index (χ2v) is 10.0. The first-order valence-electron chi connectivity index (χ1n) is 12.8. The van der Waals surface area contributed by atoms with E-state index in [0.717, 1.165) is 95.4 Å². The van der Waals surface area contributed by atoms with Gasteiger partial charge >= 0.3 is 0 Å². The molecule has 3 aliphatic rings. The van der Waals surface area contributed by atoms with Crippen molar-refractivity contribution < 1.29 is 18.4 Å². The molecule has 0 N–H and O–H groups in total. The molecule has 0 saturated carbocycles. The summed E-state index contributed by atoms with van der Waals surface area (Å²) in [6.07, 6.45) is 2.28. The van der Waals surface area contributed by atoms with Gasteiger partial charge in [0.25, 0.3) is 0 Å². The number of piperidine rings is 1. The molecule has 3 fully saturated rings. The van der Waals surface area contributed by atoms with Gasteiger partial charge in [0.05, 0.1) is 25.2 Å². The maximum absolute atomic E-state index is 13.8. The monoisotopic (exact) mass is 480 g/mol. The van der Waals surface area contributed by atoms with E-state index in [2.05, 4.69) is 44.1 Å². The zero-order valence-corrected chi connectivity index (χ0v) is 20.1.